The van der Waals surface area contributed by atoms with Gasteiger partial charge in [-0.1, -0.05) is 12.1 Å². The van der Waals surface area contributed by atoms with Gasteiger partial charge in [-0.2, -0.15) is 0 Å². The maximum atomic E-state index is 12.5. The van der Waals surface area contributed by atoms with Gasteiger partial charge in [0.05, 0.1) is 17.5 Å². The second-order valence-electron chi connectivity index (χ2n) is 6.01. The molecule has 1 N–H and O–H groups in total. The van der Waals surface area contributed by atoms with Gasteiger partial charge in [-0.15, -0.1) is 0 Å². The van der Waals surface area contributed by atoms with Crippen LogP contribution < -0.4 is 4.31 Å². The molecule has 2 aromatic rings. The molecule has 0 bridgehead atoms. The molecule has 0 spiro atoms. The molecule has 1 aliphatic rings. The lowest BCUT2D eigenvalue weighted by molar-refractivity contribution is 0.0737. The number of aromatic amines is 1. The van der Waals surface area contributed by atoms with Crippen LogP contribution in [0.5, 0.6) is 0 Å². The second-order valence-corrected chi connectivity index (χ2v) is 8.03. The van der Waals surface area contributed by atoms with Gasteiger partial charge in [0, 0.05) is 19.8 Å². The number of sulfonamides is 1. The van der Waals surface area contributed by atoms with Gasteiger partial charge in [0.25, 0.3) is 5.91 Å². The van der Waals surface area contributed by atoms with Crippen molar-refractivity contribution in [2.24, 2.45) is 0 Å². The van der Waals surface area contributed by atoms with Crippen LogP contribution in [-0.2, 0) is 10.0 Å². The van der Waals surface area contributed by atoms with Crippen molar-refractivity contribution in [1.82, 2.24) is 9.88 Å². The molecule has 1 fully saturated rings. The Morgan fingerprint density at radius 1 is 1.29 bits per heavy atom. The van der Waals surface area contributed by atoms with Gasteiger partial charge in [0.15, 0.2) is 0 Å². The van der Waals surface area contributed by atoms with E-state index in [1.807, 2.05) is 25.1 Å². The fourth-order valence-corrected chi connectivity index (χ4v) is 4.48. The molecule has 1 aromatic heterocycles. The van der Waals surface area contributed by atoms with Crippen molar-refractivity contribution in [3.8, 4) is 0 Å². The van der Waals surface area contributed by atoms with E-state index in [4.69, 9.17) is 0 Å². The zero-order chi connectivity index (χ0) is 17.3. The summed E-state index contributed by atoms with van der Waals surface area (Å²) in [5.74, 6) is 0.0875. The highest BCUT2D eigenvalue weighted by atomic mass is 32.2. The summed E-state index contributed by atoms with van der Waals surface area (Å²) in [5.41, 5.74) is 2.09. The van der Waals surface area contributed by atoms with Gasteiger partial charge < -0.3 is 9.88 Å². The first-order valence-corrected chi connectivity index (χ1v) is 9.52. The number of benzene rings is 1. The van der Waals surface area contributed by atoms with E-state index in [2.05, 4.69) is 4.98 Å². The zero-order valence-electron chi connectivity index (χ0n) is 13.8. The molecule has 0 saturated carbocycles. The fourth-order valence-electron chi connectivity index (χ4n) is 2.92. The van der Waals surface area contributed by atoms with Crippen molar-refractivity contribution in [3.63, 3.8) is 0 Å². The van der Waals surface area contributed by atoms with Crippen molar-refractivity contribution in [2.75, 3.05) is 23.7 Å². The van der Waals surface area contributed by atoms with Crippen LogP contribution in [0.25, 0.3) is 0 Å². The van der Waals surface area contributed by atoms with E-state index in [0.29, 0.717) is 24.3 Å². The van der Waals surface area contributed by atoms with Crippen LogP contribution >= 0.6 is 0 Å². The molecule has 1 aliphatic heterocycles. The molecule has 0 aliphatic carbocycles. The minimum Gasteiger partial charge on any atom is -0.357 e. The number of hydrogen-bond donors (Lipinski definition) is 1. The summed E-state index contributed by atoms with van der Waals surface area (Å²) in [4.78, 5) is 17.0. The molecular formula is C17H21N3O3S. The summed E-state index contributed by atoms with van der Waals surface area (Å²) in [6, 6.07) is 10.7. The normalized spacial score (nSPS) is 17.7. The van der Waals surface area contributed by atoms with Crippen LogP contribution in [0.4, 0.5) is 5.69 Å². The van der Waals surface area contributed by atoms with E-state index in [0.717, 1.165) is 5.56 Å². The lowest BCUT2D eigenvalue weighted by atomic mass is 10.1. The van der Waals surface area contributed by atoms with Crippen LogP contribution in [-0.4, -0.2) is 43.6 Å². The number of carbonyl (C=O) groups is 1. The maximum absolute atomic E-state index is 12.5. The number of H-pyrrole nitrogens is 1. The summed E-state index contributed by atoms with van der Waals surface area (Å²) in [6.07, 6.45) is 2.36. The number of anilines is 1. The van der Waals surface area contributed by atoms with Crippen LogP contribution in [0.3, 0.4) is 0 Å². The third-order valence-electron chi connectivity index (χ3n) is 4.47. The summed E-state index contributed by atoms with van der Waals surface area (Å²) >= 11 is 0. The molecule has 7 heteroatoms. The number of nitrogens with one attached hydrogen (secondary N) is 1. The number of hydrogen-bond acceptors (Lipinski definition) is 3. The lowest BCUT2D eigenvalue weighted by Gasteiger charge is -2.26. The van der Waals surface area contributed by atoms with Crippen LogP contribution in [0.15, 0.2) is 42.6 Å². The minimum absolute atomic E-state index is 0.105. The van der Waals surface area contributed by atoms with Crippen molar-refractivity contribution < 1.29 is 13.2 Å². The predicted octanol–water partition coefficient (Wildman–Crippen LogP) is 2.39. The number of aromatic nitrogens is 1. The Morgan fingerprint density at radius 2 is 2.08 bits per heavy atom. The Balaban J connectivity index is 1.84. The largest absolute Gasteiger partial charge is 0.357 e. The molecule has 1 atom stereocenters. The number of carbonyl (C=O) groups excluding carboxylic acids is 1. The predicted molar refractivity (Wildman–Crippen MR) is 93.5 cm³/mol. The maximum Gasteiger partial charge on any atom is 0.270 e. The first-order valence-electron chi connectivity index (χ1n) is 7.91. The molecular weight excluding hydrogens is 326 g/mol. The molecule has 128 valence electrons. The van der Waals surface area contributed by atoms with Gasteiger partial charge >= 0.3 is 0 Å². The van der Waals surface area contributed by atoms with E-state index >= 15 is 0 Å². The lowest BCUT2D eigenvalue weighted by Crippen LogP contribution is -2.30. The number of amides is 1. The Hall–Kier alpha value is -2.28. The van der Waals surface area contributed by atoms with E-state index in [9.17, 15) is 13.2 Å². The summed E-state index contributed by atoms with van der Waals surface area (Å²) < 4.78 is 25.7. The van der Waals surface area contributed by atoms with E-state index in [1.165, 1.54) is 4.31 Å². The highest BCUT2D eigenvalue weighted by molar-refractivity contribution is 7.93. The summed E-state index contributed by atoms with van der Waals surface area (Å²) in [5, 5.41) is 0. The molecule has 3 rings (SSSR count). The van der Waals surface area contributed by atoms with Gasteiger partial charge in [-0.25, -0.2) is 8.42 Å². The molecule has 24 heavy (non-hydrogen) atoms. The monoisotopic (exact) mass is 347 g/mol. The minimum atomic E-state index is -3.21. The fraction of sp³-hybridized carbons (Fsp3) is 0.353. The molecule has 1 aromatic carbocycles. The van der Waals surface area contributed by atoms with E-state index in [1.54, 1.807) is 36.3 Å². The standard InChI is InChI=1S/C17H21N3O3S/c1-13(19(2)17(21)16-8-4-9-18-16)14-6-3-7-15(12-14)20-10-5-11-24(20,22)23/h3-4,6-9,12-13,18H,5,10-11H2,1-2H3/t13-/m0/s1. The molecule has 6 nitrogen and oxygen atoms in total. The Kier molecular flexibility index (Phi) is 4.36. The zero-order valence-corrected chi connectivity index (χ0v) is 14.6. The van der Waals surface area contributed by atoms with Crippen LogP contribution in [0.2, 0.25) is 0 Å². The van der Waals surface area contributed by atoms with Crippen LogP contribution in [0, 0.1) is 0 Å². The van der Waals surface area contributed by atoms with Crippen molar-refractivity contribution >= 4 is 21.6 Å². The van der Waals surface area contributed by atoms with Crippen molar-refractivity contribution in [2.45, 2.75) is 19.4 Å². The van der Waals surface area contributed by atoms with Crippen molar-refractivity contribution in [3.05, 3.63) is 53.9 Å². The van der Waals surface area contributed by atoms with E-state index in [-0.39, 0.29) is 17.7 Å². The summed E-state index contributed by atoms with van der Waals surface area (Å²) in [6.45, 7) is 2.44. The Labute approximate surface area is 142 Å². The molecule has 0 radical (unpaired) electrons. The van der Waals surface area contributed by atoms with Gasteiger partial charge in [-0.05, 0) is 43.2 Å². The van der Waals surface area contributed by atoms with Crippen LogP contribution in [0.1, 0.15) is 35.4 Å². The molecule has 1 amide bonds. The molecule has 0 unspecified atom stereocenters. The SMILES string of the molecule is C[C@@H](c1cccc(N2CCCS2(=O)=O)c1)N(C)C(=O)c1ccc[nH]1. The van der Waals surface area contributed by atoms with Gasteiger partial charge in [0.1, 0.15) is 5.69 Å². The van der Waals surface area contributed by atoms with E-state index < -0.39 is 10.0 Å². The summed E-state index contributed by atoms with van der Waals surface area (Å²) in [7, 11) is -1.46. The Morgan fingerprint density at radius 3 is 2.71 bits per heavy atom. The average Bonchev–Trinajstić information content (AvgIpc) is 3.22. The highest BCUT2D eigenvalue weighted by Crippen LogP contribution is 2.28. The first kappa shape index (κ1) is 16.6. The number of nitrogens with zero attached hydrogens (tertiary/aromatic N) is 2. The second kappa shape index (κ2) is 6.32. The first-order chi connectivity index (χ1) is 11.4. The molecule has 2 heterocycles. The highest BCUT2D eigenvalue weighted by Gasteiger charge is 2.29. The van der Waals surface area contributed by atoms with Crippen molar-refractivity contribution in [1.29, 1.82) is 0 Å². The third kappa shape index (κ3) is 3.03. The smallest absolute Gasteiger partial charge is 0.270 e. The van der Waals surface area contributed by atoms with Gasteiger partial charge in [0.2, 0.25) is 10.0 Å². The molecule has 1 saturated heterocycles. The Bertz CT molecular complexity index is 831. The quantitative estimate of drug-likeness (QED) is 0.923. The van der Waals surface area contributed by atoms with Gasteiger partial charge in [-0.3, -0.25) is 9.10 Å². The average molecular weight is 347 g/mol. The third-order valence-corrected chi connectivity index (χ3v) is 6.34. The topological polar surface area (TPSA) is 73.5 Å². The number of rotatable bonds is 4.